The average Bonchev–Trinajstić information content (AvgIpc) is 1.96. The number of alkyl carbamates (subject to hydrolysis) is 1. The molecule has 3 N–H and O–H groups in total. The molecule has 0 aromatic rings. The summed E-state index contributed by atoms with van der Waals surface area (Å²) in [4.78, 5) is 11.5. The standard InChI is InChI=1S/C10H20N2O3/c1-9(2,3)15-8(13)12-10(4-5-11)6-14-7-10/h4-7,11H2,1-3H3,(H,12,13). The molecule has 0 spiro atoms. The molecule has 1 aliphatic heterocycles. The largest absolute Gasteiger partial charge is 0.444 e. The Bertz CT molecular complexity index is 231. The van der Waals surface area contributed by atoms with Crippen molar-refractivity contribution >= 4 is 6.09 Å². The van der Waals surface area contributed by atoms with Gasteiger partial charge in [-0.2, -0.15) is 0 Å². The average molecular weight is 216 g/mol. The maximum Gasteiger partial charge on any atom is 0.408 e. The molecule has 0 saturated carbocycles. The highest BCUT2D eigenvalue weighted by atomic mass is 16.6. The van der Waals surface area contributed by atoms with Gasteiger partial charge in [0, 0.05) is 0 Å². The van der Waals surface area contributed by atoms with Gasteiger partial charge in [0.2, 0.25) is 0 Å². The molecule has 0 radical (unpaired) electrons. The number of carbonyl (C=O) groups is 1. The highest BCUT2D eigenvalue weighted by Crippen LogP contribution is 2.21. The van der Waals surface area contributed by atoms with Gasteiger partial charge in [0.15, 0.2) is 0 Å². The fraction of sp³-hybridized carbons (Fsp3) is 0.900. The van der Waals surface area contributed by atoms with Gasteiger partial charge < -0.3 is 20.5 Å². The van der Waals surface area contributed by atoms with E-state index in [4.69, 9.17) is 15.2 Å². The summed E-state index contributed by atoms with van der Waals surface area (Å²) in [6.45, 7) is 7.06. The van der Waals surface area contributed by atoms with Crippen molar-refractivity contribution in [2.24, 2.45) is 5.73 Å². The molecule has 88 valence electrons. The zero-order chi connectivity index (χ0) is 11.5. The topological polar surface area (TPSA) is 73.6 Å². The number of rotatable bonds is 3. The zero-order valence-corrected chi connectivity index (χ0v) is 9.63. The second-order valence-corrected chi connectivity index (χ2v) is 4.94. The van der Waals surface area contributed by atoms with Crippen LogP contribution in [0.1, 0.15) is 27.2 Å². The summed E-state index contributed by atoms with van der Waals surface area (Å²) in [6.07, 6.45) is 0.311. The predicted octanol–water partition coefficient (Wildman–Crippen LogP) is 0.629. The summed E-state index contributed by atoms with van der Waals surface area (Å²) in [7, 11) is 0. The molecule has 1 rings (SSSR count). The molecule has 15 heavy (non-hydrogen) atoms. The van der Waals surface area contributed by atoms with E-state index in [0.29, 0.717) is 26.2 Å². The first-order valence-electron chi connectivity index (χ1n) is 5.16. The van der Waals surface area contributed by atoms with Crippen molar-refractivity contribution in [1.29, 1.82) is 0 Å². The van der Waals surface area contributed by atoms with E-state index < -0.39 is 11.7 Å². The van der Waals surface area contributed by atoms with Crippen LogP contribution in [0.25, 0.3) is 0 Å². The number of amides is 1. The van der Waals surface area contributed by atoms with Crippen molar-refractivity contribution in [2.75, 3.05) is 19.8 Å². The van der Waals surface area contributed by atoms with Gasteiger partial charge in [0.05, 0.1) is 18.8 Å². The van der Waals surface area contributed by atoms with E-state index in [1.807, 2.05) is 20.8 Å². The van der Waals surface area contributed by atoms with Gasteiger partial charge in [-0.25, -0.2) is 4.79 Å². The zero-order valence-electron chi connectivity index (χ0n) is 9.63. The van der Waals surface area contributed by atoms with Crippen molar-refractivity contribution in [3.05, 3.63) is 0 Å². The lowest BCUT2D eigenvalue weighted by molar-refractivity contribution is -0.0782. The number of ether oxygens (including phenoxy) is 2. The second-order valence-electron chi connectivity index (χ2n) is 4.94. The Kier molecular flexibility index (Phi) is 3.57. The van der Waals surface area contributed by atoms with E-state index in [9.17, 15) is 4.79 Å². The van der Waals surface area contributed by atoms with Crippen molar-refractivity contribution in [3.63, 3.8) is 0 Å². The van der Waals surface area contributed by atoms with Gasteiger partial charge in [-0.15, -0.1) is 0 Å². The molecular weight excluding hydrogens is 196 g/mol. The lowest BCUT2D eigenvalue weighted by Crippen LogP contribution is -2.63. The minimum atomic E-state index is -0.474. The van der Waals surface area contributed by atoms with Crippen LogP contribution in [0.5, 0.6) is 0 Å². The maximum absolute atomic E-state index is 11.5. The lowest BCUT2D eigenvalue weighted by Gasteiger charge is -2.41. The Morgan fingerprint density at radius 1 is 1.53 bits per heavy atom. The van der Waals surface area contributed by atoms with Crippen LogP contribution >= 0.6 is 0 Å². The highest BCUT2D eigenvalue weighted by molar-refractivity contribution is 5.69. The van der Waals surface area contributed by atoms with Crippen molar-refractivity contribution < 1.29 is 14.3 Å². The highest BCUT2D eigenvalue weighted by Gasteiger charge is 2.40. The third-order valence-electron chi connectivity index (χ3n) is 2.15. The normalized spacial score (nSPS) is 19.2. The maximum atomic E-state index is 11.5. The van der Waals surface area contributed by atoms with Crippen LogP contribution in [-0.2, 0) is 9.47 Å². The van der Waals surface area contributed by atoms with Crippen LogP contribution < -0.4 is 11.1 Å². The summed E-state index contributed by atoms with van der Waals surface area (Å²) < 4.78 is 10.3. The van der Waals surface area contributed by atoms with Gasteiger partial charge >= 0.3 is 6.09 Å². The third kappa shape index (κ3) is 3.68. The van der Waals surface area contributed by atoms with Crippen molar-refractivity contribution in [2.45, 2.75) is 38.3 Å². The molecule has 0 aromatic heterocycles. The Morgan fingerprint density at radius 2 is 2.13 bits per heavy atom. The smallest absolute Gasteiger partial charge is 0.408 e. The number of carbonyl (C=O) groups excluding carboxylic acids is 1. The quantitative estimate of drug-likeness (QED) is 0.725. The minimum Gasteiger partial charge on any atom is -0.444 e. The van der Waals surface area contributed by atoms with Crippen molar-refractivity contribution in [1.82, 2.24) is 5.32 Å². The summed E-state index contributed by atoms with van der Waals surface area (Å²) in [5.41, 5.74) is 4.70. The van der Waals surface area contributed by atoms with Gasteiger partial charge in [-0.05, 0) is 33.7 Å². The van der Waals surface area contributed by atoms with Gasteiger partial charge in [0.25, 0.3) is 0 Å². The van der Waals surface area contributed by atoms with Crippen LogP contribution in [0.3, 0.4) is 0 Å². The SMILES string of the molecule is CC(C)(C)OC(=O)NC1(CCN)COC1. The van der Waals surface area contributed by atoms with E-state index in [1.54, 1.807) is 0 Å². The molecule has 0 aromatic carbocycles. The summed E-state index contributed by atoms with van der Waals surface area (Å²) in [6, 6.07) is 0. The van der Waals surface area contributed by atoms with E-state index in [1.165, 1.54) is 0 Å². The third-order valence-corrected chi connectivity index (χ3v) is 2.15. The summed E-state index contributed by atoms with van der Waals surface area (Å²) >= 11 is 0. The van der Waals surface area contributed by atoms with Crippen LogP contribution in [0, 0.1) is 0 Å². The molecule has 0 aliphatic carbocycles. The molecule has 1 amide bonds. The molecule has 1 aliphatic rings. The van der Waals surface area contributed by atoms with Gasteiger partial charge in [-0.1, -0.05) is 0 Å². The molecule has 1 fully saturated rings. The first kappa shape index (κ1) is 12.3. The number of nitrogens with one attached hydrogen (secondary N) is 1. The van der Waals surface area contributed by atoms with Gasteiger partial charge in [-0.3, -0.25) is 0 Å². The second kappa shape index (κ2) is 4.37. The molecule has 5 heteroatoms. The number of hydrogen-bond acceptors (Lipinski definition) is 4. The fourth-order valence-electron chi connectivity index (χ4n) is 1.42. The number of nitrogens with two attached hydrogens (primary N) is 1. The van der Waals surface area contributed by atoms with E-state index in [2.05, 4.69) is 5.32 Å². The van der Waals surface area contributed by atoms with E-state index in [-0.39, 0.29) is 5.54 Å². The molecule has 0 bridgehead atoms. The molecule has 1 saturated heterocycles. The molecular formula is C10H20N2O3. The lowest BCUT2D eigenvalue weighted by atomic mass is 9.93. The van der Waals surface area contributed by atoms with Crippen molar-refractivity contribution in [3.8, 4) is 0 Å². The summed E-state index contributed by atoms with van der Waals surface area (Å²) in [5.74, 6) is 0. The fourth-order valence-corrected chi connectivity index (χ4v) is 1.42. The Morgan fingerprint density at radius 3 is 2.47 bits per heavy atom. The molecule has 0 unspecified atom stereocenters. The Labute approximate surface area is 90.3 Å². The predicted molar refractivity (Wildman–Crippen MR) is 56.6 cm³/mol. The number of hydrogen-bond donors (Lipinski definition) is 2. The molecule has 1 heterocycles. The monoisotopic (exact) mass is 216 g/mol. The van der Waals surface area contributed by atoms with E-state index >= 15 is 0 Å². The van der Waals surface area contributed by atoms with E-state index in [0.717, 1.165) is 0 Å². The molecule has 5 nitrogen and oxygen atoms in total. The van der Waals surface area contributed by atoms with Gasteiger partial charge in [0.1, 0.15) is 5.60 Å². The Hall–Kier alpha value is -0.810. The first-order valence-corrected chi connectivity index (χ1v) is 5.16. The first-order chi connectivity index (χ1) is 6.87. The van der Waals surface area contributed by atoms with Crippen LogP contribution in [-0.4, -0.2) is 37.0 Å². The van der Waals surface area contributed by atoms with Crippen LogP contribution in [0.2, 0.25) is 0 Å². The molecule has 0 atom stereocenters. The minimum absolute atomic E-state index is 0.308. The Balaban J connectivity index is 2.42. The van der Waals surface area contributed by atoms with Crippen LogP contribution in [0.4, 0.5) is 4.79 Å². The van der Waals surface area contributed by atoms with Crippen LogP contribution in [0.15, 0.2) is 0 Å². The summed E-state index contributed by atoms with van der Waals surface area (Å²) in [5, 5.41) is 2.82.